The van der Waals surface area contributed by atoms with Crippen LogP contribution in [0.25, 0.3) is 0 Å². The van der Waals surface area contributed by atoms with Gasteiger partial charge in [0.25, 0.3) is 0 Å². The van der Waals surface area contributed by atoms with Gasteiger partial charge in [0.05, 0.1) is 12.1 Å². The van der Waals surface area contributed by atoms with Gasteiger partial charge in [0, 0.05) is 20.0 Å². The van der Waals surface area contributed by atoms with Gasteiger partial charge in [-0.3, -0.25) is 0 Å². The summed E-state index contributed by atoms with van der Waals surface area (Å²) in [6.45, 7) is 1.99. The van der Waals surface area contributed by atoms with Crippen LogP contribution in [0.15, 0.2) is 30.3 Å². The fourth-order valence-corrected chi connectivity index (χ4v) is 3.17. The predicted molar refractivity (Wildman–Crippen MR) is 92.2 cm³/mol. The first-order chi connectivity index (χ1) is 11.1. The first-order valence-corrected chi connectivity index (χ1v) is 8.57. The number of esters is 1. The van der Waals surface area contributed by atoms with Gasteiger partial charge in [-0.2, -0.15) is 0 Å². The van der Waals surface area contributed by atoms with E-state index in [2.05, 4.69) is 10.3 Å². The molecule has 0 bridgehead atoms. The average Bonchev–Trinajstić information content (AvgIpc) is 2.92. The zero-order valence-corrected chi connectivity index (χ0v) is 15.1. The minimum absolute atomic E-state index is 0.0846. The van der Waals surface area contributed by atoms with E-state index in [-0.39, 0.29) is 24.2 Å². The van der Waals surface area contributed by atoms with Crippen LogP contribution >= 0.6 is 22.6 Å². The van der Waals surface area contributed by atoms with E-state index in [0.717, 1.165) is 18.4 Å². The van der Waals surface area contributed by atoms with Crippen molar-refractivity contribution in [2.45, 2.75) is 38.0 Å². The zero-order valence-electron chi connectivity index (χ0n) is 13.0. The van der Waals surface area contributed by atoms with Gasteiger partial charge in [0.1, 0.15) is 6.10 Å². The number of hydrogen-bond acceptors (Lipinski definition) is 5. The summed E-state index contributed by atoms with van der Waals surface area (Å²) in [5.41, 5.74) is 1.47. The van der Waals surface area contributed by atoms with Gasteiger partial charge >= 0.3 is 5.97 Å². The Morgan fingerprint density at radius 3 is 2.65 bits per heavy atom. The molecular weight excluding hydrogens is 409 g/mol. The zero-order chi connectivity index (χ0) is 16.4. The third-order valence-corrected chi connectivity index (χ3v) is 4.88. The number of rotatable bonds is 5. The van der Waals surface area contributed by atoms with Gasteiger partial charge in [-0.25, -0.2) is 9.48 Å². The number of nitrogens with zero attached hydrogens (tertiary/aromatic N) is 3. The maximum atomic E-state index is 12.5. The van der Waals surface area contributed by atoms with E-state index < -0.39 is 0 Å². The first kappa shape index (κ1) is 16.4. The topological polar surface area (TPSA) is 66.2 Å². The largest absolute Gasteiger partial charge is 0.457 e. The molecule has 3 rings (SSSR count). The summed E-state index contributed by atoms with van der Waals surface area (Å²) in [7, 11) is 1.67. The van der Waals surface area contributed by atoms with Crippen molar-refractivity contribution in [2.24, 2.45) is 0 Å². The Balaban J connectivity index is 1.77. The van der Waals surface area contributed by atoms with Crippen molar-refractivity contribution in [3.63, 3.8) is 0 Å². The predicted octanol–water partition coefficient (Wildman–Crippen LogP) is 2.83. The third kappa shape index (κ3) is 3.40. The van der Waals surface area contributed by atoms with Crippen LogP contribution in [0.3, 0.4) is 0 Å². The molecule has 0 N–H and O–H groups in total. The number of ether oxygens (including phenoxy) is 2. The summed E-state index contributed by atoms with van der Waals surface area (Å²) in [5, 5.41) is 8.17. The van der Waals surface area contributed by atoms with Gasteiger partial charge in [-0.15, -0.1) is 5.10 Å². The molecule has 1 heterocycles. The Morgan fingerprint density at radius 2 is 2.00 bits per heavy atom. The molecule has 0 radical (unpaired) electrons. The Labute approximate surface area is 148 Å². The maximum Gasteiger partial charge on any atom is 0.359 e. The normalized spacial score (nSPS) is 21.5. The number of carbonyl (C=O) groups is 1. The highest BCUT2D eigenvalue weighted by Gasteiger charge is 2.34. The second kappa shape index (κ2) is 6.96. The molecule has 2 aromatic rings. The van der Waals surface area contributed by atoms with Crippen LogP contribution in [0.2, 0.25) is 0 Å². The summed E-state index contributed by atoms with van der Waals surface area (Å²) >= 11 is 2.02. The lowest BCUT2D eigenvalue weighted by molar-refractivity contribution is -0.0646. The van der Waals surface area contributed by atoms with Crippen molar-refractivity contribution >= 4 is 28.6 Å². The highest BCUT2D eigenvalue weighted by molar-refractivity contribution is 14.1. The molecule has 0 aliphatic heterocycles. The molecule has 1 saturated carbocycles. The molecule has 0 amide bonds. The molecule has 0 saturated heterocycles. The highest BCUT2D eigenvalue weighted by Crippen LogP contribution is 2.28. The molecule has 1 aliphatic rings. The molecule has 7 heteroatoms. The summed E-state index contributed by atoms with van der Waals surface area (Å²) < 4.78 is 12.9. The number of carbonyl (C=O) groups excluding carboxylic acids is 1. The molecule has 23 heavy (non-hydrogen) atoms. The second-order valence-corrected chi connectivity index (χ2v) is 6.64. The smallest absolute Gasteiger partial charge is 0.359 e. The number of hydrogen-bond donors (Lipinski definition) is 0. The monoisotopic (exact) mass is 427 g/mol. The van der Waals surface area contributed by atoms with Crippen LogP contribution < -0.4 is 0 Å². The van der Waals surface area contributed by atoms with E-state index in [9.17, 15) is 4.79 Å². The summed E-state index contributed by atoms with van der Waals surface area (Å²) in [4.78, 5) is 12.5. The van der Waals surface area contributed by atoms with Gasteiger partial charge in [-0.05, 0) is 35.1 Å². The van der Waals surface area contributed by atoms with Crippen molar-refractivity contribution in [2.75, 3.05) is 7.11 Å². The maximum absolute atomic E-state index is 12.5. The van der Waals surface area contributed by atoms with E-state index >= 15 is 0 Å². The summed E-state index contributed by atoms with van der Waals surface area (Å²) in [6.07, 6.45) is 1.60. The summed E-state index contributed by atoms with van der Waals surface area (Å²) in [6, 6.07) is 9.80. The van der Waals surface area contributed by atoms with E-state index in [1.807, 2.05) is 59.8 Å². The van der Waals surface area contributed by atoms with Gasteiger partial charge in [0.15, 0.2) is 9.39 Å². The van der Waals surface area contributed by atoms with Crippen LogP contribution in [0, 0.1) is 3.70 Å². The lowest BCUT2D eigenvalue weighted by atomic mass is 9.92. The summed E-state index contributed by atoms with van der Waals surface area (Å²) in [5.74, 6) is -0.373. The molecule has 1 aromatic carbocycles. The van der Waals surface area contributed by atoms with Crippen LogP contribution in [-0.4, -0.2) is 40.3 Å². The second-order valence-electron chi connectivity index (χ2n) is 5.62. The Morgan fingerprint density at radius 1 is 1.30 bits per heavy atom. The van der Waals surface area contributed by atoms with Crippen LogP contribution in [-0.2, 0) is 9.47 Å². The Bertz CT molecular complexity index is 683. The molecule has 1 fully saturated rings. The fourth-order valence-electron chi connectivity index (χ4n) is 2.61. The number of methoxy groups -OCH3 is 1. The molecule has 122 valence electrons. The van der Waals surface area contributed by atoms with E-state index in [0.29, 0.717) is 9.39 Å². The Kier molecular flexibility index (Phi) is 4.96. The number of aromatic nitrogens is 3. The average molecular weight is 427 g/mol. The lowest BCUT2D eigenvalue weighted by Gasteiger charge is -2.33. The molecule has 0 unspecified atom stereocenters. The molecule has 1 atom stereocenters. The van der Waals surface area contributed by atoms with Crippen molar-refractivity contribution < 1.29 is 14.3 Å². The third-order valence-electron chi connectivity index (χ3n) is 4.15. The highest BCUT2D eigenvalue weighted by atomic mass is 127. The molecule has 1 aromatic heterocycles. The minimum Gasteiger partial charge on any atom is -0.457 e. The Hall–Kier alpha value is -1.48. The molecule has 6 nitrogen and oxygen atoms in total. The van der Waals surface area contributed by atoms with Crippen molar-refractivity contribution in [3.05, 3.63) is 45.3 Å². The lowest BCUT2D eigenvalue weighted by Crippen LogP contribution is -2.38. The van der Waals surface area contributed by atoms with Crippen LogP contribution in [0.1, 0.15) is 41.9 Å². The van der Waals surface area contributed by atoms with Gasteiger partial charge in [0.2, 0.25) is 0 Å². The van der Waals surface area contributed by atoms with E-state index in [4.69, 9.17) is 9.47 Å². The van der Waals surface area contributed by atoms with E-state index in [1.165, 1.54) is 0 Å². The van der Waals surface area contributed by atoms with Crippen molar-refractivity contribution in [1.29, 1.82) is 0 Å². The van der Waals surface area contributed by atoms with Gasteiger partial charge < -0.3 is 9.47 Å². The first-order valence-electron chi connectivity index (χ1n) is 7.49. The molecule has 0 spiro atoms. The number of halogens is 1. The van der Waals surface area contributed by atoms with Crippen LogP contribution in [0.4, 0.5) is 0 Å². The minimum atomic E-state index is -0.373. The van der Waals surface area contributed by atoms with E-state index in [1.54, 1.807) is 11.8 Å². The SMILES string of the molecule is CO[C@H]1C[C@@H](OC(=O)c2c(I)nnn2[C@H](C)c2ccccc2)C1. The van der Waals surface area contributed by atoms with Crippen molar-refractivity contribution in [3.8, 4) is 0 Å². The number of benzene rings is 1. The molecular formula is C16H18IN3O3. The van der Waals surface area contributed by atoms with Crippen LogP contribution in [0.5, 0.6) is 0 Å². The van der Waals surface area contributed by atoms with Crippen molar-refractivity contribution in [1.82, 2.24) is 15.0 Å². The quantitative estimate of drug-likeness (QED) is 0.543. The molecule has 1 aliphatic carbocycles. The van der Waals surface area contributed by atoms with Gasteiger partial charge in [-0.1, -0.05) is 35.5 Å². The fraction of sp³-hybridized carbons (Fsp3) is 0.438. The standard InChI is InChI=1S/C16H18IN3O3/c1-10(11-6-4-3-5-7-11)20-14(15(17)18-19-20)16(21)23-13-8-12(9-13)22-2/h3-7,10,12-13H,8-9H2,1-2H3/t10-,12-,13+/m1/s1.